The topological polar surface area (TPSA) is 42.2 Å². The SMILES string of the molecule is CC(Cc1ccc(F)cc1)n1cc(Cl)cc1C(=O)O. The van der Waals surface area contributed by atoms with E-state index in [4.69, 9.17) is 16.7 Å². The fraction of sp³-hybridized carbons (Fsp3) is 0.214. The first-order valence-electron chi connectivity index (χ1n) is 5.82. The lowest BCUT2D eigenvalue weighted by molar-refractivity contribution is 0.0683. The predicted molar refractivity (Wildman–Crippen MR) is 71.2 cm³/mol. The third-order valence-corrected chi connectivity index (χ3v) is 3.16. The molecule has 0 spiro atoms. The zero-order chi connectivity index (χ0) is 14.0. The molecule has 0 aliphatic carbocycles. The summed E-state index contributed by atoms with van der Waals surface area (Å²) in [5.41, 5.74) is 1.09. The summed E-state index contributed by atoms with van der Waals surface area (Å²) in [6.07, 6.45) is 2.20. The number of benzene rings is 1. The van der Waals surface area contributed by atoms with E-state index >= 15 is 0 Å². The van der Waals surface area contributed by atoms with Gasteiger partial charge in [0.05, 0.1) is 5.02 Å². The molecule has 0 amide bonds. The zero-order valence-corrected chi connectivity index (χ0v) is 11.1. The molecule has 1 N–H and O–H groups in total. The van der Waals surface area contributed by atoms with Crippen LogP contribution in [0, 0.1) is 5.82 Å². The van der Waals surface area contributed by atoms with E-state index in [1.54, 1.807) is 22.9 Å². The van der Waals surface area contributed by atoms with Gasteiger partial charge in [-0.05, 0) is 37.1 Å². The zero-order valence-electron chi connectivity index (χ0n) is 10.3. The largest absolute Gasteiger partial charge is 0.477 e. The van der Waals surface area contributed by atoms with Crippen molar-refractivity contribution in [3.8, 4) is 0 Å². The molecule has 19 heavy (non-hydrogen) atoms. The lowest BCUT2D eigenvalue weighted by Gasteiger charge is -2.15. The van der Waals surface area contributed by atoms with Crippen molar-refractivity contribution in [1.29, 1.82) is 0 Å². The van der Waals surface area contributed by atoms with E-state index in [-0.39, 0.29) is 17.6 Å². The molecule has 0 radical (unpaired) electrons. The summed E-state index contributed by atoms with van der Waals surface area (Å²) in [4.78, 5) is 11.1. The molecule has 1 aromatic heterocycles. The van der Waals surface area contributed by atoms with Crippen LogP contribution < -0.4 is 0 Å². The van der Waals surface area contributed by atoms with E-state index in [2.05, 4.69) is 0 Å². The number of hydrogen-bond acceptors (Lipinski definition) is 1. The van der Waals surface area contributed by atoms with Crippen molar-refractivity contribution in [2.75, 3.05) is 0 Å². The number of carbonyl (C=O) groups is 1. The Bertz CT molecular complexity index is 592. The van der Waals surface area contributed by atoms with Gasteiger partial charge in [-0.3, -0.25) is 0 Å². The first-order valence-corrected chi connectivity index (χ1v) is 6.20. The number of nitrogens with zero attached hydrogens (tertiary/aromatic N) is 1. The third-order valence-electron chi connectivity index (χ3n) is 2.95. The van der Waals surface area contributed by atoms with E-state index in [1.807, 2.05) is 6.92 Å². The average molecular weight is 282 g/mol. The summed E-state index contributed by atoms with van der Waals surface area (Å²) in [5.74, 6) is -1.30. The van der Waals surface area contributed by atoms with Gasteiger partial charge in [0, 0.05) is 12.2 Å². The van der Waals surface area contributed by atoms with Crippen LogP contribution in [-0.4, -0.2) is 15.6 Å². The molecule has 0 bridgehead atoms. The summed E-state index contributed by atoms with van der Waals surface area (Å²) in [6.45, 7) is 1.89. The van der Waals surface area contributed by atoms with Crippen LogP contribution in [0.5, 0.6) is 0 Å². The third kappa shape index (κ3) is 3.15. The minimum Gasteiger partial charge on any atom is -0.477 e. The molecular formula is C14H13ClFNO2. The summed E-state index contributed by atoms with van der Waals surface area (Å²) in [5, 5.41) is 9.49. The number of aromatic carboxylic acids is 1. The van der Waals surface area contributed by atoms with Crippen LogP contribution in [0.25, 0.3) is 0 Å². The molecule has 0 aliphatic heterocycles. The van der Waals surface area contributed by atoms with Gasteiger partial charge in [-0.2, -0.15) is 0 Å². The fourth-order valence-corrected chi connectivity index (χ4v) is 2.25. The Morgan fingerprint density at radius 1 is 1.42 bits per heavy atom. The lowest BCUT2D eigenvalue weighted by Crippen LogP contribution is -2.13. The molecule has 5 heteroatoms. The van der Waals surface area contributed by atoms with Crippen LogP contribution in [0.15, 0.2) is 36.5 Å². The second kappa shape index (κ2) is 5.45. The van der Waals surface area contributed by atoms with Crippen LogP contribution in [0.1, 0.15) is 29.0 Å². The quantitative estimate of drug-likeness (QED) is 0.926. The van der Waals surface area contributed by atoms with Gasteiger partial charge in [0.2, 0.25) is 0 Å². The number of hydrogen-bond donors (Lipinski definition) is 1. The van der Waals surface area contributed by atoms with Crippen LogP contribution in [0.3, 0.4) is 0 Å². The predicted octanol–water partition coefficient (Wildman–Crippen LogP) is 3.78. The van der Waals surface area contributed by atoms with Gasteiger partial charge in [-0.15, -0.1) is 0 Å². The van der Waals surface area contributed by atoms with Crippen molar-refractivity contribution in [3.63, 3.8) is 0 Å². The first kappa shape index (κ1) is 13.6. The summed E-state index contributed by atoms with van der Waals surface area (Å²) < 4.78 is 14.4. The summed E-state index contributed by atoms with van der Waals surface area (Å²) in [7, 11) is 0. The molecule has 1 atom stereocenters. The molecule has 0 fully saturated rings. The molecule has 100 valence electrons. The van der Waals surface area contributed by atoms with Crippen LogP contribution >= 0.6 is 11.6 Å². The van der Waals surface area contributed by atoms with E-state index in [9.17, 15) is 9.18 Å². The molecule has 3 nitrogen and oxygen atoms in total. The molecule has 1 heterocycles. The van der Waals surface area contributed by atoms with Gasteiger partial charge in [-0.25, -0.2) is 9.18 Å². The van der Waals surface area contributed by atoms with Crippen molar-refractivity contribution in [1.82, 2.24) is 4.57 Å². The van der Waals surface area contributed by atoms with Crippen LogP contribution in [0.2, 0.25) is 5.02 Å². The summed E-state index contributed by atoms with van der Waals surface area (Å²) in [6, 6.07) is 7.51. The highest BCUT2D eigenvalue weighted by Crippen LogP contribution is 2.22. The Labute approximate surface area is 115 Å². The molecule has 0 aliphatic rings. The Hall–Kier alpha value is -1.81. The second-order valence-electron chi connectivity index (χ2n) is 4.44. The normalized spacial score (nSPS) is 12.4. The maximum atomic E-state index is 12.8. The van der Waals surface area contributed by atoms with E-state index in [0.717, 1.165) is 5.56 Å². The Kier molecular flexibility index (Phi) is 3.90. The molecule has 2 aromatic rings. The van der Waals surface area contributed by atoms with E-state index in [1.165, 1.54) is 18.2 Å². The number of carboxylic acid groups (broad SMARTS) is 1. The fourth-order valence-electron chi connectivity index (χ4n) is 2.04. The standard InChI is InChI=1S/C14H13ClFNO2/c1-9(6-10-2-4-12(16)5-3-10)17-8-11(15)7-13(17)14(18)19/h2-5,7-9H,6H2,1H3,(H,18,19). The average Bonchev–Trinajstić information content (AvgIpc) is 2.74. The Balaban J connectivity index is 2.22. The number of halogens is 2. The molecule has 2 rings (SSSR count). The van der Waals surface area contributed by atoms with Crippen molar-refractivity contribution in [3.05, 3.63) is 58.6 Å². The number of rotatable bonds is 4. The van der Waals surface area contributed by atoms with Crippen LogP contribution in [0.4, 0.5) is 4.39 Å². The van der Waals surface area contributed by atoms with Crippen molar-refractivity contribution < 1.29 is 14.3 Å². The van der Waals surface area contributed by atoms with Gasteiger partial charge in [-0.1, -0.05) is 23.7 Å². The number of aromatic nitrogens is 1. The van der Waals surface area contributed by atoms with Crippen LogP contribution in [-0.2, 0) is 6.42 Å². The Morgan fingerprint density at radius 2 is 2.05 bits per heavy atom. The van der Waals surface area contributed by atoms with Crippen molar-refractivity contribution in [2.45, 2.75) is 19.4 Å². The maximum Gasteiger partial charge on any atom is 0.352 e. The Morgan fingerprint density at radius 3 is 2.63 bits per heavy atom. The smallest absolute Gasteiger partial charge is 0.352 e. The molecule has 1 aromatic carbocycles. The second-order valence-corrected chi connectivity index (χ2v) is 4.87. The van der Waals surface area contributed by atoms with Gasteiger partial charge in [0.1, 0.15) is 11.5 Å². The van der Waals surface area contributed by atoms with Gasteiger partial charge >= 0.3 is 5.97 Å². The van der Waals surface area contributed by atoms with E-state index < -0.39 is 5.97 Å². The minimum absolute atomic E-state index is 0.0796. The minimum atomic E-state index is -1.02. The highest BCUT2D eigenvalue weighted by Gasteiger charge is 2.16. The highest BCUT2D eigenvalue weighted by atomic mass is 35.5. The number of carboxylic acids is 1. The summed E-state index contributed by atoms with van der Waals surface area (Å²) >= 11 is 5.84. The monoisotopic (exact) mass is 281 g/mol. The van der Waals surface area contributed by atoms with Gasteiger partial charge < -0.3 is 9.67 Å². The van der Waals surface area contributed by atoms with E-state index in [0.29, 0.717) is 11.4 Å². The molecule has 0 saturated carbocycles. The van der Waals surface area contributed by atoms with Gasteiger partial charge in [0.25, 0.3) is 0 Å². The lowest BCUT2D eigenvalue weighted by atomic mass is 10.1. The molecule has 0 saturated heterocycles. The van der Waals surface area contributed by atoms with Crippen molar-refractivity contribution in [2.24, 2.45) is 0 Å². The highest BCUT2D eigenvalue weighted by molar-refractivity contribution is 6.30. The molecular weight excluding hydrogens is 269 g/mol. The van der Waals surface area contributed by atoms with Crippen molar-refractivity contribution >= 4 is 17.6 Å². The van der Waals surface area contributed by atoms with Gasteiger partial charge in [0.15, 0.2) is 0 Å². The molecule has 1 unspecified atom stereocenters. The maximum absolute atomic E-state index is 12.8. The first-order chi connectivity index (χ1) is 8.97.